The summed E-state index contributed by atoms with van der Waals surface area (Å²) in [5.41, 5.74) is 0.567. The van der Waals surface area contributed by atoms with Crippen molar-refractivity contribution in [1.82, 2.24) is 0 Å². The molecule has 1 N–H and O–H groups in total. The summed E-state index contributed by atoms with van der Waals surface area (Å²) in [7, 11) is 0. The van der Waals surface area contributed by atoms with E-state index in [0.29, 0.717) is 35.0 Å². The molecule has 0 spiro atoms. The first-order valence-corrected chi connectivity index (χ1v) is 10.2. The molecule has 24 heavy (non-hydrogen) atoms. The lowest BCUT2D eigenvalue weighted by Crippen LogP contribution is -2.56. The van der Waals surface area contributed by atoms with E-state index in [1.54, 1.807) is 12.5 Å². The third-order valence-electron chi connectivity index (χ3n) is 8.78. The van der Waals surface area contributed by atoms with Crippen LogP contribution in [0.4, 0.5) is 0 Å². The van der Waals surface area contributed by atoms with Crippen molar-refractivity contribution in [2.45, 2.75) is 83.1 Å². The predicted molar refractivity (Wildman–Crippen MR) is 97.0 cm³/mol. The van der Waals surface area contributed by atoms with E-state index >= 15 is 0 Å². The van der Waals surface area contributed by atoms with Crippen LogP contribution in [0.25, 0.3) is 0 Å². The van der Waals surface area contributed by atoms with Crippen molar-refractivity contribution in [3.05, 3.63) is 11.6 Å². The van der Waals surface area contributed by atoms with Crippen LogP contribution in [-0.4, -0.2) is 21.9 Å². The van der Waals surface area contributed by atoms with Crippen LogP contribution in [0.1, 0.15) is 72.1 Å². The van der Waals surface area contributed by atoms with Crippen LogP contribution in [0, 0.1) is 28.6 Å². The second-order valence-corrected chi connectivity index (χ2v) is 10.1. The van der Waals surface area contributed by atoms with Gasteiger partial charge in [-0.25, -0.2) is 0 Å². The molecule has 0 heterocycles. The second kappa shape index (κ2) is 5.33. The summed E-state index contributed by atoms with van der Waals surface area (Å²) in [4.78, 5) is 12.2. The number of allylic oxidation sites excluding steroid dienone is 2. The Morgan fingerprint density at radius 1 is 1.17 bits per heavy atom. The summed E-state index contributed by atoms with van der Waals surface area (Å²) in [6.07, 6.45) is 10.8. The quantitative estimate of drug-likeness (QED) is 0.540. The van der Waals surface area contributed by atoms with Crippen molar-refractivity contribution in [2.24, 2.45) is 28.6 Å². The SMILES string of the molecule is CC(=O)[C@]1(O)CC[C@H]2[C@@H]3CC=C4C[C@H](Cl)CC[C@]4(C)[C@H]3CC[C@@]21C. The molecule has 134 valence electrons. The zero-order valence-corrected chi connectivity index (χ0v) is 16.0. The zero-order valence-electron chi connectivity index (χ0n) is 15.3. The van der Waals surface area contributed by atoms with Gasteiger partial charge in [0, 0.05) is 10.8 Å². The minimum absolute atomic E-state index is 0.0214. The van der Waals surface area contributed by atoms with Gasteiger partial charge in [-0.2, -0.15) is 0 Å². The molecule has 7 atom stereocenters. The number of hydrogen-bond donors (Lipinski definition) is 1. The predicted octanol–water partition coefficient (Wildman–Crippen LogP) is 4.88. The van der Waals surface area contributed by atoms with E-state index < -0.39 is 5.60 Å². The fourth-order valence-corrected chi connectivity index (χ4v) is 7.49. The summed E-state index contributed by atoms with van der Waals surface area (Å²) in [5, 5.41) is 11.5. The molecule has 0 aromatic heterocycles. The maximum atomic E-state index is 12.2. The molecule has 0 radical (unpaired) electrons. The Labute approximate surface area is 151 Å². The van der Waals surface area contributed by atoms with Gasteiger partial charge in [0.25, 0.3) is 0 Å². The Bertz CT molecular complexity index is 599. The molecule has 4 aliphatic carbocycles. The third-order valence-corrected chi connectivity index (χ3v) is 9.15. The average molecular weight is 351 g/mol. The largest absolute Gasteiger partial charge is 0.382 e. The Kier molecular flexibility index (Phi) is 3.80. The number of carbonyl (C=O) groups is 1. The Balaban J connectivity index is 1.69. The van der Waals surface area contributed by atoms with E-state index in [1.165, 1.54) is 6.42 Å². The molecule has 0 saturated heterocycles. The molecule has 4 aliphatic rings. The highest BCUT2D eigenvalue weighted by molar-refractivity contribution is 6.20. The number of ketones is 1. The molecular weight excluding hydrogens is 320 g/mol. The highest BCUT2D eigenvalue weighted by Crippen LogP contribution is 2.67. The van der Waals surface area contributed by atoms with E-state index in [2.05, 4.69) is 19.9 Å². The first-order chi connectivity index (χ1) is 11.2. The molecule has 4 rings (SSSR count). The number of fused-ring (bicyclic) bond motifs is 5. The molecule has 3 fully saturated rings. The van der Waals surface area contributed by atoms with Gasteiger partial charge in [-0.15, -0.1) is 11.6 Å². The lowest BCUT2D eigenvalue weighted by atomic mass is 9.47. The van der Waals surface area contributed by atoms with E-state index in [0.717, 1.165) is 38.5 Å². The van der Waals surface area contributed by atoms with Gasteiger partial charge in [-0.1, -0.05) is 25.5 Å². The van der Waals surface area contributed by atoms with Gasteiger partial charge in [0.2, 0.25) is 0 Å². The normalized spacial score (nSPS) is 53.6. The van der Waals surface area contributed by atoms with Gasteiger partial charge in [0.05, 0.1) is 0 Å². The van der Waals surface area contributed by atoms with E-state index in [-0.39, 0.29) is 11.2 Å². The summed E-state index contributed by atoms with van der Waals surface area (Å²) in [6.45, 7) is 6.24. The minimum atomic E-state index is -1.10. The summed E-state index contributed by atoms with van der Waals surface area (Å²) < 4.78 is 0. The number of hydrogen-bond acceptors (Lipinski definition) is 2. The van der Waals surface area contributed by atoms with E-state index in [1.807, 2.05) is 0 Å². The Hall–Kier alpha value is -0.340. The first-order valence-electron chi connectivity index (χ1n) is 9.79. The van der Waals surface area contributed by atoms with Gasteiger partial charge in [0.1, 0.15) is 5.60 Å². The minimum Gasteiger partial charge on any atom is -0.382 e. The summed E-state index contributed by atoms with van der Waals surface area (Å²) >= 11 is 6.45. The first kappa shape index (κ1) is 17.1. The Morgan fingerprint density at radius 3 is 2.58 bits per heavy atom. The van der Waals surface area contributed by atoms with Crippen molar-refractivity contribution in [1.29, 1.82) is 0 Å². The van der Waals surface area contributed by atoms with Crippen molar-refractivity contribution in [3.63, 3.8) is 0 Å². The molecule has 0 amide bonds. The second-order valence-electron chi connectivity index (χ2n) is 9.51. The number of carbonyl (C=O) groups excluding carboxylic acids is 1. The molecule has 2 nitrogen and oxygen atoms in total. The van der Waals surface area contributed by atoms with E-state index in [4.69, 9.17) is 11.6 Å². The highest BCUT2D eigenvalue weighted by Gasteiger charge is 2.65. The van der Waals surface area contributed by atoms with E-state index in [9.17, 15) is 9.90 Å². The molecule has 0 aromatic carbocycles. The topological polar surface area (TPSA) is 37.3 Å². The van der Waals surface area contributed by atoms with Crippen molar-refractivity contribution >= 4 is 17.4 Å². The molecular formula is C21H31ClO2. The smallest absolute Gasteiger partial charge is 0.161 e. The number of rotatable bonds is 1. The standard InChI is InChI=1S/C21H31ClO2/c1-13(23)21(24)11-8-18-16-5-4-14-12-15(22)6-9-19(14,2)17(16)7-10-20(18,21)3/h4,15-18,24H,5-12H2,1-3H3/t15-,16-,17+,18+,19+,20+,21-/m1/s1. The Morgan fingerprint density at radius 2 is 1.88 bits per heavy atom. The fourth-order valence-electron chi connectivity index (χ4n) is 7.21. The molecule has 3 saturated carbocycles. The number of Topliss-reactive ketones (excluding diaryl/α,β-unsaturated/α-hetero) is 1. The van der Waals surface area contributed by atoms with Crippen LogP contribution < -0.4 is 0 Å². The van der Waals surface area contributed by atoms with Crippen molar-refractivity contribution in [3.8, 4) is 0 Å². The molecule has 0 bridgehead atoms. The molecule has 0 aliphatic heterocycles. The molecule has 0 unspecified atom stereocenters. The lowest BCUT2D eigenvalue weighted by Gasteiger charge is -2.58. The van der Waals surface area contributed by atoms with Crippen LogP contribution >= 0.6 is 11.6 Å². The van der Waals surface area contributed by atoms with Crippen molar-refractivity contribution < 1.29 is 9.90 Å². The van der Waals surface area contributed by atoms with Gasteiger partial charge >= 0.3 is 0 Å². The fraction of sp³-hybridized carbons (Fsp3) is 0.857. The highest BCUT2D eigenvalue weighted by atomic mass is 35.5. The van der Waals surface area contributed by atoms with Crippen LogP contribution in [0.5, 0.6) is 0 Å². The van der Waals surface area contributed by atoms with Crippen molar-refractivity contribution in [2.75, 3.05) is 0 Å². The average Bonchev–Trinajstić information content (AvgIpc) is 2.81. The number of alkyl halides is 1. The van der Waals surface area contributed by atoms with Crippen LogP contribution in [0.3, 0.4) is 0 Å². The maximum Gasteiger partial charge on any atom is 0.161 e. The van der Waals surface area contributed by atoms with Gasteiger partial charge in [-0.3, -0.25) is 4.79 Å². The molecule has 3 heteroatoms. The summed E-state index contributed by atoms with van der Waals surface area (Å²) in [5.74, 6) is 1.78. The zero-order chi connectivity index (χ0) is 17.3. The maximum absolute atomic E-state index is 12.2. The van der Waals surface area contributed by atoms with Gasteiger partial charge < -0.3 is 5.11 Å². The number of halogens is 1. The monoisotopic (exact) mass is 350 g/mol. The summed E-state index contributed by atoms with van der Waals surface area (Å²) in [6, 6.07) is 0. The van der Waals surface area contributed by atoms with Gasteiger partial charge in [0.15, 0.2) is 5.78 Å². The van der Waals surface area contributed by atoms with Crippen LogP contribution in [-0.2, 0) is 4.79 Å². The third kappa shape index (κ3) is 2.02. The molecule has 0 aromatic rings. The lowest BCUT2D eigenvalue weighted by molar-refractivity contribution is -0.158. The number of aliphatic hydroxyl groups is 1. The van der Waals surface area contributed by atoms with Crippen LogP contribution in [0.2, 0.25) is 0 Å². The van der Waals surface area contributed by atoms with Gasteiger partial charge in [-0.05, 0) is 81.5 Å². The van der Waals surface area contributed by atoms with Crippen LogP contribution in [0.15, 0.2) is 11.6 Å².